The van der Waals surface area contributed by atoms with Gasteiger partial charge in [-0.15, -0.1) is 0 Å². The molecular weight excluding hydrogens is 422 g/mol. The number of hydrogen-bond acceptors (Lipinski definition) is 5. The lowest BCUT2D eigenvalue weighted by Gasteiger charge is -2.31. The lowest BCUT2D eigenvalue weighted by Crippen LogP contribution is -2.41. The van der Waals surface area contributed by atoms with Gasteiger partial charge < -0.3 is 14.4 Å². The van der Waals surface area contributed by atoms with E-state index < -0.39 is 11.6 Å². The number of unbranched alkanes of at least 4 members (excludes halogenated alkanes) is 1. The summed E-state index contributed by atoms with van der Waals surface area (Å²) in [7, 11) is 0. The molecule has 2 aromatic carbocycles. The number of piperidine rings is 1. The van der Waals surface area contributed by atoms with Crippen molar-refractivity contribution in [1.82, 2.24) is 9.88 Å². The van der Waals surface area contributed by atoms with Crippen LogP contribution in [0.1, 0.15) is 43.0 Å². The summed E-state index contributed by atoms with van der Waals surface area (Å²) in [5.41, 5.74) is 0.752. The van der Waals surface area contributed by atoms with E-state index >= 15 is 0 Å². The number of hydrogen-bond donors (Lipinski definition) is 0. The molecule has 0 unspecified atom stereocenters. The minimum Gasteiger partial charge on any atom is -0.494 e. The van der Waals surface area contributed by atoms with Crippen LogP contribution in [0.25, 0.3) is 10.2 Å². The van der Waals surface area contributed by atoms with Crippen molar-refractivity contribution in [2.75, 3.05) is 19.7 Å². The number of aromatic nitrogens is 1. The third-order valence-electron chi connectivity index (χ3n) is 5.26. The maximum Gasteiger partial charge on any atom is 0.274 e. The fourth-order valence-electron chi connectivity index (χ4n) is 3.52. The molecule has 1 aliphatic heterocycles. The highest BCUT2D eigenvalue weighted by Gasteiger charge is 2.26. The summed E-state index contributed by atoms with van der Waals surface area (Å²) in [6.45, 7) is 3.91. The number of carbonyl (C=O) groups excluding carboxylic acids is 1. The van der Waals surface area contributed by atoms with Gasteiger partial charge in [0, 0.05) is 37.6 Å². The molecule has 8 heteroatoms. The van der Waals surface area contributed by atoms with Crippen molar-refractivity contribution in [1.29, 1.82) is 0 Å². The summed E-state index contributed by atoms with van der Waals surface area (Å²) >= 11 is 1.13. The van der Waals surface area contributed by atoms with Gasteiger partial charge in [0.2, 0.25) is 0 Å². The van der Waals surface area contributed by atoms with E-state index in [-0.39, 0.29) is 17.5 Å². The van der Waals surface area contributed by atoms with Crippen molar-refractivity contribution in [3.63, 3.8) is 0 Å². The molecule has 0 N–H and O–H groups in total. The fraction of sp³-hybridized carbons (Fsp3) is 0.391. The van der Waals surface area contributed by atoms with Gasteiger partial charge in [0.05, 0.1) is 11.3 Å². The van der Waals surface area contributed by atoms with Crippen molar-refractivity contribution in [3.05, 3.63) is 53.6 Å². The van der Waals surface area contributed by atoms with Gasteiger partial charge >= 0.3 is 0 Å². The summed E-state index contributed by atoms with van der Waals surface area (Å²) in [6, 6.07) is 9.31. The molecule has 0 radical (unpaired) electrons. The van der Waals surface area contributed by atoms with E-state index in [4.69, 9.17) is 9.47 Å². The Kier molecular flexibility index (Phi) is 6.65. The molecule has 5 nitrogen and oxygen atoms in total. The van der Waals surface area contributed by atoms with Crippen LogP contribution in [-0.2, 0) is 0 Å². The van der Waals surface area contributed by atoms with Gasteiger partial charge in [0.25, 0.3) is 11.1 Å². The highest BCUT2D eigenvalue weighted by Crippen LogP contribution is 2.32. The Morgan fingerprint density at radius 1 is 1.19 bits per heavy atom. The number of rotatable bonds is 7. The van der Waals surface area contributed by atoms with Crippen LogP contribution in [0.15, 0.2) is 36.4 Å². The Labute approximate surface area is 183 Å². The van der Waals surface area contributed by atoms with Crippen molar-refractivity contribution < 1.29 is 23.0 Å². The summed E-state index contributed by atoms with van der Waals surface area (Å²) in [5.74, 6) is -0.573. The Hall–Kier alpha value is -2.74. The first-order valence-corrected chi connectivity index (χ1v) is 11.3. The van der Waals surface area contributed by atoms with Crippen LogP contribution in [0.4, 0.5) is 8.78 Å². The molecule has 0 bridgehead atoms. The van der Waals surface area contributed by atoms with Gasteiger partial charge in [0.1, 0.15) is 23.2 Å². The number of likely N-dealkylation sites (tertiary alicyclic amines) is 1. The lowest BCUT2D eigenvalue weighted by molar-refractivity contribution is 0.0595. The average molecular weight is 447 g/mol. The van der Waals surface area contributed by atoms with E-state index in [9.17, 15) is 13.6 Å². The quantitative estimate of drug-likeness (QED) is 0.454. The van der Waals surface area contributed by atoms with Crippen LogP contribution in [0, 0.1) is 11.6 Å². The molecule has 4 rings (SSSR count). The molecule has 0 spiro atoms. The van der Waals surface area contributed by atoms with Crippen LogP contribution in [0.2, 0.25) is 0 Å². The predicted octanol–water partition coefficient (Wildman–Crippen LogP) is 5.44. The average Bonchev–Trinajstić information content (AvgIpc) is 3.17. The molecular formula is C23H24F2N2O3S. The number of thiazole rings is 1. The second-order valence-corrected chi connectivity index (χ2v) is 8.54. The smallest absolute Gasteiger partial charge is 0.274 e. The minimum atomic E-state index is -0.691. The van der Waals surface area contributed by atoms with E-state index in [1.165, 1.54) is 6.07 Å². The van der Waals surface area contributed by atoms with Crippen molar-refractivity contribution in [3.8, 4) is 10.9 Å². The Bertz CT molecular complexity index is 1050. The van der Waals surface area contributed by atoms with E-state index in [1.807, 2.05) is 12.1 Å². The van der Waals surface area contributed by atoms with Crippen LogP contribution >= 0.6 is 11.3 Å². The number of ether oxygens (including phenoxy) is 2. The summed E-state index contributed by atoms with van der Waals surface area (Å²) in [5, 5.41) is 0.322. The number of amides is 1. The standard InChI is InChI=1S/C23H24F2N2O3S/c1-2-3-12-29-17-6-4-15(5-7-17)22(28)27-10-8-18(9-11-27)30-23-26-21-19(25)13-16(24)14-20(21)31-23/h4-7,13-14,18H,2-3,8-12H2,1H3. The molecule has 2 heterocycles. The lowest BCUT2D eigenvalue weighted by atomic mass is 10.1. The molecule has 1 saturated heterocycles. The van der Waals surface area contributed by atoms with Crippen molar-refractivity contribution >= 4 is 27.5 Å². The SMILES string of the molecule is CCCCOc1ccc(C(=O)N2CCC(Oc3nc4c(F)cc(F)cc4s3)CC2)cc1. The Morgan fingerprint density at radius 3 is 2.65 bits per heavy atom. The van der Waals surface area contributed by atoms with E-state index in [0.29, 0.717) is 48.0 Å². The Morgan fingerprint density at radius 2 is 1.94 bits per heavy atom. The van der Waals surface area contributed by atoms with Gasteiger partial charge in [0.15, 0.2) is 5.82 Å². The molecule has 3 aromatic rings. The summed E-state index contributed by atoms with van der Waals surface area (Å²) in [4.78, 5) is 18.7. The molecule has 0 saturated carbocycles. The highest BCUT2D eigenvalue weighted by atomic mass is 32.1. The first-order valence-electron chi connectivity index (χ1n) is 10.5. The number of fused-ring (bicyclic) bond motifs is 1. The van der Waals surface area contributed by atoms with Crippen molar-refractivity contribution in [2.45, 2.75) is 38.7 Å². The van der Waals surface area contributed by atoms with Gasteiger partial charge in [-0.2, -0.15) is 4.98 Å². The zero-order valence-corrected chi connectivity index (χ0v) is 18.1. The summed E-state index contributed by atoms with van der Waals surface area (Å²) < 4.78 is 39.2. The highest BCUT2D eigenvalue weighted by molar-refractivity contribution is 7.20. The van der Waals surface area contributed by atoms with E-state index in [2.05, 4.69) is 11.9 Å². The molecule has 1 aromatic heterocycles. The normalized spacial score (nSPS) is 14.7. The van der Waals surface area contributed by atoms with E-state index in [1.54, 1.807) is 17.0 Å². The molecule has 164 valence electrons. The predicted molar refractivity (Wildman–Crippen MR) is 116 cm³/mol. The van der Waals surface area contributed by atoms with Gasteiger partial charge in [-0.25, -0.2) is 8.78 Å². The van der Waals surface area contributed by atoms with Crippen LogP contribution in [0.3, 0.4) is 0 Å². The maximum absolute atomic E-state index is 13.8. The number of carbonyl (C=O) groups is 1. The number of benzene rings is 2. The van der Waals surface area contributed by atoms with Crippen molar-refractivity contribution in [2.24, 2.45) is 0 Å². The first-order chi connectivity index (χ1) is 15.0. The van der Waals surface area contributed by atoms with Crippen LogP contribution < -0.4 is 9.47 Å². The molecule has 1 fully saturated rings. The molecule has 1 amide bonds. The number of halogens is 2. The molecule has 1 aliphatic rings. The van der Waals surface area contributed by atoms with Gasteiger partial charge in [-0.05, 0) is 36.8 Å². The van der Waals surface area contributed by atoms with Crippen LogP contribution in [0.5, 0.6) is 10.9 Å². The Balaban J connectivity index is 1.31. The third kappa shape index (κ3) is 5.12. The molecule has 0 aliphatic carbocycles. The number of nitrogens with zero attached hydrogens (tertiary/aromatic N) is 2. The fourth-order valence-corrected chi connectivity index (χ4v) is 4.44. The first kappa shape index (κ1) is 21.5. The largest absolute Gasteiger partial charge is 0.494 e. The maximum atomic E-state index is 13.8. The van der Waals surface area contributed by atoms with E-state index in [0.717, 1.165) is 36.0 Å². The monoisotopic (exact) mass is 446 g/mol. The topological polar surface area (TPSA) is 51.7 Å². The second kappa shape index (κ2) is 9.60. The third-order valence-corrected chi connectivity index (χ3v) is 6.15. The molecule has 31 heavy (non-hydrogen) atoms. The van der Waals surface area contributed by atoms with Crippen LogP contribution in [-0.4, -0.2) is 41.6 Å². The van der Waals surface area contributed by atoms with Gasteiger partial charge in [-0.3, -0.25) is 4.79 Å². The second-order valence-electron chi connectivity index (χ2n) is 7.55. The minimum absolute atomic E-state index is 0.0175. The summed E-state index contributed by atoms with van der Waals surface area (Å²) in [6.07, 6.45) is 3.25. The van der Waals surface area contributed by atoms with Gasteiger partial charge in [-0.1, -0.05) is 24.7 Å². The zero-order valence-electron chi connectivity index (χ0n) is 17.3. The zero-order chi connectivity index (χ0) is 21.8. The molecule has 0 atom stereocenters.